The number of hydrogen-bond donors (Lipinski definition) is 1. The highest BCUT2D eigenvalue weighted by Crippen LogP contribution is 2.19. The maximum Gasteiger partial charge on any atom is 0.234 e. The van der Waals surface area contributed by atoms with Crippen LogP contribution in [-0.4, -0.2) is 65.8 Å². The first-order valence-corrected chi connectivity index (χ1v) is 10.8. The molecule has 0 saturated carbocycles. The van der Waals surface area contributed by atoms with Crippen LogP contribution in [0.5, 0.6) is 0 Å². The molecule has 1 saturated heterocycles. The fourth-order valence-corrected chi connectivity index (χ4v) is 3.67. The third-order valence-electron chi connectivity index (χ3n) is 4.66. The third-order valence-corrected chi connectivity index (χ3v) is 5.58. The van der Waals surface area contributed by atoms with Crippen molar-refractivity contribution in [2.24, 2.45) is 5.41 Å². The lowest BCUT2D eigenvalue weighted by molar-refractivity contribution is -0.130. The molecular formula is C21H33N3O2S. The highest BCUT2D eigenvalue weighted by Gasteiger charge is 2.22. The predicted octanol–water partition coefficient (Wildman–Crippen LogP) is 3.25. The van der Waals surface area contributed by atoms with E-state index in [1.807, 2.05) is 36.1 Å². The molecule has 1 aliphatic rings. The third kappa shape index (κ3) is 8.35. The largest absolute Gasteiger partial charge is 0.339 e. The minimum Gasteiger partial charge on any atom is -0.339 e. The van der Waals surface area contributed by atoms with Crippen LogP contribution in [0.3, 0.4) is 0 Å². The van der Waals surface area contributed by atoms with Gasteiger partial charge in [0.15, 0.2) is 0 Å². The molecule has 0 atom stereocenters. The second-order valence-corrected chi connectivity index (χ2v) is 9.43. The normalized spacial score (nSPS) is 15.6. The monoisotopic (exact) mass is 391 g/mol. The molecule has 1 fully saturated rings. The van der Waals surface area contributed by atoms with Gasteiger partial charge in [-0.2, -0.15) is 0 Å². The van der Waals surface area contributed by atoms with Gasteiger partial charge in [0, 0.05) is 31.9 Å². The summed E-state index contributed by atoms with van der Waals surface area (Å²) in [4.78, 5) is 28.7. The van der Waals surface area contributed by atoms with Gasteiger partial charge in [0.05, 0.1) is 11.5 Å². The minimum absolute atomic E-state index is 0.0644. The average molecular weight is 392 g/mol. The zero-order chi connectivity index (χ0) is 19.9. The SMILES string of the molecule is Cc1cccc(NC(=O)CSCC(=O)N2CCN(CCC(C)(C)C)CC2)c1. The second kappa shape index (κ2) is 10.1. The number of aryl methyl sites for hydroxylation is 1. The molecule has 0 radical (unpaired) electrons. The van der Waals surface area contributed by atoms with Crippen LogP contribution in [0.4, 0.5) is 5.69 Å². The molecule has 5 nitrogen and oxygen atoms in total. The van der Waals surface area contributed by atoms with E-state index in [1.165, 1.54) is 18.2 Å². The van der Waals surface area contributed by atoms with Crippen molar-refractivity contribution in [1.29, 1.82) is 0 Å². The van der Waals surface area contributed by atoms with Crippen molar-refractivity contribution in [2.75, 3.05) is 49.5 Å². The zero-order valence-corrected chi connectivity index (χ0v) is 17.9. The average Bonchev–Trinajstić information content (AvgIpc) is 2.59. The second-order valence-electron chi connectivity index (χ2n) is 8.44. The number of nitrogens with one attached hydrogen (secondary N) is 1. The number of thioether (sulfide) groups is 1. The van der Waals surface area contributed by atoms with Gasteiger partial charge in [0.25, 0.3) is 0 Å². The molecule has 0 aliphatic carbocycles. The van der Waals surface area contributed by atoms with E-state index < -0.39 is 0 Å². The molecule has 1 aromatic carbocycles. The molecule has 1 heterocycles. The molecule has 27 heavy (non-hydrogen) atoms. The zero-order valence-electron chi connectivity index (χ0n) is 17.1. The van der Waals surface area contributed by atoms with Crippen LogP contribution in [0.15, 0.2) is 24.3 Å². The van der Waals surface area contributed by atoms with Crippen LogP contribution in [0.1, 0.15) is 32.8 Å². The number of carbonyl (C=O) groups excluding carboxylic acids is 2. The number of rotatable bonds is 7. The van der Waals surface area contributed by atoms with Gasteiger partial charge < -0.3 is 10.2 Å². The fraction of sp³-hybridized carbons (Fsp3) is 0.619. The lowest BCUT2D eigenvalue weighted by atomic mass is 9.92. The Morgan fingerprint density at radius 1 is 1.11 bits per heavy atom. The molecule has 1 N–H and O–H groups in total. The Morgan fingerprint density at radius 2 is 1.81 bits per heavy atom. The van der Waals surface area contributed by atoms with Gasteiger partial charge in [-0.25, -0.2) is 0 Å². The molecule has 0 unspecified atom stereocenters. The summed E-state index contributed by atoms with van der Waals surface area (Å²) >= 11 is 1.38. The first kappa shape index (κ1) is 21.8. The summed E-state index contributed by atoms with van der Waals surface area (Å²) in [6, 6.07) is 7.72. The Balaban J connectivity index is 1.63. The molecule has 1 aromatic rings. The summed E-state index contributed by atoms with van der Waals surface area (Å²) in [6.45, 7) is 13.3. The molecule has 0 aromatic heterocycles. The Kier molecular flexibility index (Phi) is 8.17. The molecule has 150 valence electrons. The minimum atomic E-state index is -0.0644. The van der Waals surface area contributed by atoms with Crippen molar-refractivity contribution in [3.63, 3.8) is 0 Å². The van der Waals surface area contributed by atoms with E-state index in [4.69, 9.17) is 0 Å². The van der Waals surface area contributed by atoms with Crippen molar-refractivity contribution in [1.82, 2.24) is 9.80 Å². The lowest BCUT2D eigenvalue weighted by Crippen LogP contribution is -2.49. The molecule has 6 heteroatoms. The predicted molar refractivity (Wildman–Crippen MR) is 114 cm³/mol. The first-order chi connectivity index (χ1) is 12.7. The molecule has 0 bridgehead atoms. The highest BCUT2D eigenvalue weighted by molar-refractivity contribution is 8.00. The van der Waals surface area contributed by atoms with Crippen molar-refractivity contribution in [3.05, 3.63) is 29.8 Å². The fourth-order valence-electron chi connectivity index (χ4n) is 2.96. The van der Waals surface area contributed by atoms with Crippen LogP contribution in [0.25, 0.3) is 0 Å². The summed E-state index contributed by atoms with van der Waals surface area (Å²) in [5.74, 6) is 0.735. The smallest absolute Gasteiger partial charge is 0.234 e. The summed E-state index contributed by atoms with van der Waals surface area (Å²) < 4.78 is 0. The summed E-state index contributed by atoms with van der Waals surface area (Å²) in [7, 11) is 0. The highest BCUT2D eigenvalue weighted by atomic mass is 32.2. The van der Waals surface area contributed by atoms with E-state index in [1.54, 1.807) is 0 Å². The van der Waals surface area contributed by atoms with E-state index in [-0.39, 0.29) is 11.8 Å². The lowest BCUT2D eigenvalue weighted by Gasteiger charge is -2.36. The Hall–Kier alpha value is -1.53. The van der Waals surface area contributed by atoms with Crippen LogP contribution >= 0.6 is 11.8 Å². The van der Waals surface area contributed by atoms with Crippen LogP contribution in [0, 0.1) is 12.3 Å². The van der Waals surface area contributed by atoms with Gasteiger partial charge in [0.2, 0.25) is 11.8 Å². The van der Waals surface area contributed by atoms with E-state index >= 15 is 0 Å². The number of hydrogen-bond acceptors (Lipinski definition) is 4. The standard InChI is InChI=1S/C21H33N3O2S/c1-17-6-5-7-18(14-17)22-19(25)15-27-16-20(26)24-12-10-23(11-13-24)9-8-21(2,3)4/h5-7,14H,8-13,15-16H2,1-4H3,(H,22,25). The number of benzene rings is 1. The van der Waals surface area contributed by atoms with E-state index in [0.29, 0.717) is 16.9 Å². The van der Waals surface area contributed by atoms with Gasteiger partial charge in [-0.15, -0.1) is 11.8 Å². The summed E-state index contributed by atoms with van der Waals surface area (Å²) in [5.41, 5.74) is 2.26. The van der Waals surface area contributed by atoms with Gasteiger partial charge in [-0.05, 0) is 43.0 Å². The van der Waals surface area contributed by atoms with Crippen molar-refractivity contribution in [3.8, 4) is 0 Å². The first-order valence-electron chi connectivity index (χ1n) is 9.67. The number of anilines is 1. The maximum atomic E-state index is 12.4. The van der Waals surface area contributed by atoms with Crippen LogP contribution in [0.2, 0.25) is 0 Å². The Morgan fingerprint density at radius 3 is 2.44 bits per heavy atom. The molecule has 0 spiro atoms. The Labute approximate surface area is 167 Å². The van der Waals surface area contributed by atoms with Crippen LogP contribution < -0.4 is 5.32 Å². The van der Waals surface area contributed by atoms with Crippen molar-refractivity contribution < 1.29 is 9.59 Å². The summed E-state index contributed by atoms with van der Waals surface area (Å²) in [5, 5.41) is 2.88. The van der Waals surface area contributed by atoms with Gasteiger partial charge in [-0.1, -0.05) is 32.9 Å². The molecule has 2 amide bonds. The molecule has 2 rings (SSSR count). The summed E-state index contributed by atoms with van der Waals surface area (Å²) in [6.07, 6.45) is 1.17. The van der Waals surface area contributed by atoms with E-state index in [9.17, 15) is 9.59 Å². The number of amides is 2. The van der Waals surface area contributed by atoms with Crippen LogP contribution in [-0.2, 0) is 9.59 Å². The van der Waals surface area contributed by atoms with Gasteiger partial charge in [-0.3, -0.25) is 14.5 Å². The van der Waals surface area contributed by atoms with Crippen molar-refractivity contribution in [2.45, 2.75) is 34.1 Å². The number of carbonyl (C=O) groups is 2. The van der Waals surface area contributed by atoms with Gasteiger partial charge in [0.1, 0.15) is 0 Å². The van der Waals surface area contributed by atoms with Crippen molar-refractivity contribution >= 4 is 29.3 Å². The number of nitrogens with zero attached hydrogens (tertiary/aromatic N) is 2. The number of piperazine rings is 1. The molecular weight excluding hydrogens is 358 g/mol. The quantitative estimate of drug-likeness (QED) is 0.775. The van der Waals surface area contributed by atoms with Gasteiger partial charge >= 0.3 is 0 Å². The van der Waals surface area contributed by atoms with E-state index in [0.717, 1.165) is 44.0 Å². The topological polar surface area (TPSA) is 52.7 Å². The Bertz CT molecular complexity index is 635. The molecule has 1 aliphatic heterocycles. The maximum absolute atomic E-state index is 12.4. The van der Waals surface area contributed by atoms with E-state index in [2.05, 4.69) is 31.0 Å².